The molecule has 0 bridgehead atoms. The van der Waals surface area contributed by atoms with E-state index in [1.165, 1.54) is 35.6 Å². The van der Waals surface area contributed by atoms with Gasteiger partial charge in [0.15, 0.2) is 0 Å². The van der Waals surface area contributed by atoms with Gasteiger partial charge in [-0.1, -0.05) is 24.3 Å². The van der Waals surface area contributed by atoms with Gasteiger partial charge in [-0.25, -0.2) is 22.9 Å². The maximum Gasteiger partial charge on any atom is 0.335 e. The molecule has 0 radical (unpaired) electrons. The Morgan fingerprint density at radius 1 is 1.08 bits per heavy atom. The van der Waals surface area contributed by atoms with Gasteiger partial charge in [0.25, 0.3) is 0 Å². The highest BCUT2D eigenvalue weighted by Gasteiger charge is 2.14. The normalized spacial score (nSPS) is 11.4. The molecule has 1 aromatic heterocycles. The zero-order chi connectivity index (χ0) is 18.7. The Morgan fingerprint density at radius 2 is 1.65 bits per heavy atom. The highest BCUT2D eigenvalue weighted by Crippen LogP contribution is 2.22. The van der Waals surface area contributed by atoms with Crippen molar-refractivity contribution in [1.82, 2.24) is 9.71 Å². The van der Waals surface area contributed by atoms with Crippen LogP contribution < -0.4 is 4.72 Å². The molecule has 6 nitrogen and oxygen atoms in total. The first-order valence-corrected chi connectivity index (χ1v) is 10.1. The monoisotopic (exact) mass is 388 g/mol. The average Bonchev–Trinajstić information content (AvgIpc) is 3.06. The van der Waals surface area contributed by atoms with E-state index in [2.05, 4.69) is 9.71 Å². The second kappa shape index (κ2) is 7.36. The van der Waals surface area contributed by atoms with Gasteiger partial charge in [0.2, 0.25) is 10.0 Å². The van der Waals surface area contributed by atoms with Crippen LogP contribution >= 0.6 is 11.3 Å². The molecule has 0 aliphatic carbocycles. The van der Waals surface area contributed by atoms with Gasteiger partial charge in [-0.05, 0) is 42.3 Å². The van der Waals surface area contributed by atoms with Gasteiger partial charge >= 0.3 is 5.97 Å². The fraction of sp³-hybridized carbons (Fsp3) is 0.111. The van der Waals surface area contributed by atoms with E-state index in [4.69, 9.17) is 5.11 Å². The van der Waals surface area contributed by atoms with Gasteiger partial charge < -0.3 is 5.11 Å². The number of benzene rings is 2. The van der Waals surface area contributed by atoms with E-state index >= 15 is 0 Å². The van der Waals surface area contributed by atoms with E-state index in [1.54, 1.807) is 24.3 Å². The van der Waals surface area contributed by atoms with Crippen LogP contribution in [0.5, 0.6) is 0 Å². The van der Waals surface area contributed by atoms with Crippen LogP contribution in [-0.2, 0) is 16.6 Å². The molecule has 134 valence electrons. The fourth-order valence-electron chi connectivity index (χ4n) is 2.36. The topological polar surface area (TPSA) is 96.4 Å². The van der Waals surface area contributed by atoms with Gasteiger partial charge in [-0.3, -0.25) is 0 Å². The highest BCUT2D eigenvalue weighted by atomic mass is 32.2. The molecule has 1 heterocycles. The van der Waals surface area contributed by atoms with E-state index in [9.17, 15) is 13.2 Å². The molecular formula is C18H16N2O4S2. The first kappa shape index (κ1) is 18.2. The number of hydrogen-bond acceptors (Lipinski definition) is 5. The van der Waals surface area contributed by atoms with Crippen LogP contribution in [0.25, 0.3) is 11.1 Å². The number of aromatic carboxylic acids is 1. The number of carboxylic acids is 1. The molecule has 0 aliphatic heterocycles. The van der Waals surface area contributed by atoms with Crippen molar-refractivity contribution >= 4 is 27.3 Å². The van der Waals surface area contributed by atoms with Crippen LogP contribution in [0.15, 0.2) is 58.8 Å². The number of nitrogens with one attached hydrogen (secondary N) is 1. The minimum atomic E-state index is -3.63. The maximum atomic E-state index is 12.4. The van der Waals surface area contributed by atoms with E-state index in [0.29, 0.717) is 5.01 Å². The minimum absolute atomic E-state index is 0.152. The number of sulfonamides is 1. The van der Waals surface area contributed by atoms with Crippen molar-refractivity contribution < 1.29 is 18.3 Å². The molecule has 2 aromatic carbocycles. The SMILES string of the molecule is Cc1csc(CNS(=O)(=O)c2ccc(-c3ccc(C(=O)O)cc3)cc2)n1. The Kier molecular flexibility index (Phi) is 5.17. The minimum Gasteiger partial charge on any atom is -0.478 e. The molecule has 8 heteroatoms. The third-order valence-electron chi connectivity index (χ3n) is 3.71. The Morgan fingerprint density at radius 3 is 2.15 bits per heavy atom. The molecule has 0 unspecified atom stereocenters. The van der Waals surface area contributed by atoms with Gasteiger partial charge in [0.05, 0.1) is 17.0 Å². The van der Waals surface area contributed by atoms with E-state index in [1.807, 2.05) is 12.3 Å². The van der Waals surface area contributed by atoms with Crippen LogP contribution in [0.3, 0.4) is 0 Å². The molecule has 26 heavy (non-hydrogen) atoms. The van der Waals surface area contributed by atoms with Gasteiger partial charge in [0.1, 0.15) is 5.01 Å². The standard InChI is InChI=1S/C18H16N2O4S2/c1-12-11-25-17(20-12)10-19-26(23,24)16-8-6-14(7-9-16)13-2-4-15(5-3-13)18(21)22/h2-9,11,19H,10H2,1H3,(H,21,22). The lowest BCUT2D eigenvalue weighted by atomic mass is 10.0. The van der Waals surface area contributed by atoms with E-state index in [0.717, 1.165) is 16.8 Å². The maximum absolute atomic E-state index is 12.4. The van der Waals surface area contributed by atoms with Gasteiger partial charge in [-0.2, -0.15) is 0 Å². The number of carbonyl (C=O) groups is 1. The number of carboxylic acid groups (broad SMARTS) is 1. The summed E-state index contributed by atoms with van der Waals surface area (Å²) in [6.45, 7) is 2.01. The summed E-state index contributed by atoms with van der Waals surface area (Å²) in [6, 6.07) is 12.8. The predicted octanol–water partition coefficient (Wildman–Crippen LogP) is 3.30. The van der Waals surface area contributed by atoms with Crippen molar-refractivity contribution in [2.75, 3.05) is 0 Å². The molecule has 2 N–H and O–H groups in total. The van der Waals surface area contributed by atoms with Crippen molar-refractivity contribution in [2.24, 2.45) is 0 Å². The Bertz CT molecular complexity index is 1020. The molecule has 0 aliphatic rings. The Labute approximate surface area is 155 Å². The fourth-order valence-corrected chi connectivity index (χ4v) is 4.15. The summed E-state index contributed by atoms with van der Waals surface area (Å²) in [5, 5.41) is 11.5. The van der Waals surface area contributed by atoms with Crippen LogP contribution in [0.1, 0.15) is 21.1 Å². The molecule has 0 saturated carbocycles. The number of aromatic nitrogens is 1. The van der Waals surface area contributed by atoms with Gasteiger partial charge in [0, 0.05) is 11.1 Å². The molecule has 3 aromatic rings. The van der Waals surface area contributed by atoms with Crippen molar-refractivity contribution in [2.45, 2.75) is 18.4 Å². The van der Waals surface area contributed by atoms with Crippen molar-refractivity contribution in [3.8, 4) is 11.1 Å². The number of hydrogen-bond donors (Lipinski definition) is 2. The van der Waals surface area contributed by atoms with Crippen LogP contribution in [0.2, 0.25) is 0 Å². The first-order chi connectivity index (χ1) is 12.3. The quantitative estimate of drug-likeness (QED) is 0.675. The molecular weight excluding hydrogens is 372 g/mol. The smallest absolute Gasteiger partial charge is 0.335 e. The Balaban J connectivity index is 1.74. The number of rotatable bonds is 6. The van der Waals surface area contributed by atoms with Crippen molar-refractivity contribution in [3.63, 3.8) is 0 Å². The summed E-state index contributed by atoms with van der Waals surface area (Å²) in [5.74, 6) is -0.987. The first-order valence-electron chi connectivity index (χ1n) is 7.69. The zero-order valence-electron chi connectivity index (χ0n) is 13.8. The molecule has 0 spiro atoms. The number of aryl methyl sites for hydroxylation is 1. The van der Waals surface area contributed by atoms with Crippen molar-refractivity contribution in [3.05, 3.63) is 70.2 Å². The third kappa shape index (κ3) is 4.16. The molecule has 3 rings (SSSR count). The lowest BCUT2D eigenvalue weighted by Crippen LogP contribution is -2.23. The molecule has 0 fully saturated rings. The second-order valence-electron chi connectivity index (χ2n) is 5.61. The number of thiazole rings is 1. The lowest BCUT2D eigenvalue weighted by Gasteiger charge is -2.07. The molecule has 0 saturated heterocycles. The van der Waals surface area contributed by atoms with Crippen LogP contribution in [0.4, 0.5) is 0 Å². The zero-order valence-corrected chi connectivity index (χ0v) is 15.5. The molecule has 0 atom stereocenters. The largest absolute Gasteiger partial charge is 0.478 e. The van der Waals surface area contributed by atoms with Crippen molar-refractivity contribution in [1.29, 1.82) is 0 Å². The third-order valence-corrected chi connectivity index (χ3v) is 6.09. The average molecular weight is 388 g/mol. The van der Waals surface area contributed by atoms with Crippen LogP contribution in [0, 0.1) is 6.92 Å². The Hall–Kier alpha value is -2.55. The van der Waals surface area contributed by atoms with Gasteiger partial charge in [-0.15, -0.1) is 11.3 Å². The van der Waals surface area contributed by atoms with Crippen LogP contribution in [-0.4, -0.2) is 24.5 Å². The number of nitrogens with zero attached hydrogens (tertiary/aromatic N) is 1. The summed E-state index contributed by atoms with van der Waals surface area (Å²) >= 11 is 1.41. The summed E-state index contributed by atoms with van der Waals surface area (Å²) in [7, 11) is -3.63. The van der Waals surface area contributed by atoms with E-state index in [-0.39, 0.29) is 17.0 Å². The summed E-state index contributed by atoms with van der Waals surface area (Å²) in [6.07, 6.45) is 0. The van der Waals surface area contributed by atoms with E-state index < -0.39 is 16.0 Å². The molecule has 0 amide bonds. The second-order valence-corrected chi connectivity index (χ2v) is 8.32. The summed E-state index contributed by atoms with van der Waals surface area (Å²) in [5.41, 5.74) is 2.68. The summed E-state index contributed by atoms with van der Waals surface area (Å²) < 4.78 is 27.3. The highest BCUT2D eigenvalue weighted by molar-refractivity contribution is 7.89. The lowest BCUT2D eigenvalue weighted by molar-refractivity contribution is 0.0697. The summed E-state index contributed by atoms with van der Waals surface area (Å²) in [4.78, 5) is 15.3. The predicted molar refractivity (Wildman–Crippen MR) is 99.7 cm³/mol.